The molecule has 0 fully saturated rings. The lowest BCUT2D eigenvalue weighted by Crippen LogP contribution is -2.30. The van der Waals surface area contributed by atoms with Crippen molar-refractivity contribution in [3.8, 4) is 0 Å². The van der Waals surface area contributed by atoms with Crippen molar-refractivity contribution >= 4 is 17.8 Å². The number of H-pyrrole nitrogens is 1. The first-order chi connectivity index (χ1) is 15.4. The molecule has 8 nitrogen and oxygen atoms in total. The van der Waals surface area contributed by atoms with Crippen LogP contribution < -0.4 is 5.73 Å². The summed E-state index contributed by atoms with van der Waals surface area (Å²) in [6, 6.07) is 12.9. The van der Waals surface area contributed by atoms with E-state index < -0.39 is 6.09 Å². The normalized spacial score (nSPS) is 11.3. The Labute approximate surface area is 187 Å². The Bertz CT molecular complexity index is 1100. The molecule has 2 amide bonds. The number of ether oxygens (including phenoxy) is 1. The van der Waals surface area contributed by atoms with Crippen molar-refractivity contribution in [1.29, 1.82) is 0 Å². The number of carbonyl (C=O) groups is 2. The highest BCUT2D eigenvalue weighted by Crippen LogP contribution is 2.18. The first-order valence-corrected chi connectivity index (χ1v) is 10.3. The van der Waals surface area contributed by atoms with Crippen LogP contribution in [-0.2, 0) is 17.8 Å². The van der Waals surface area contributed by atoms with Gasteiger partial charge in [0, 0.05) is 42.4 Å². The molecule has 0 bridgehead atoms. The summed E-state index contributed by atoms with van der Waals surface area (Å²) in [4.78, 5) is 37.6. The number of nitrogens with two attached hydrogens (primary N) is 1. The fourth-order valence-corrected chi connectivity index (χ4v) is 3.34. The third-order valence-electron chi connectivity index (χ3n) is 4.89. The van der Waals surface area contributed by atoms with Crippen molar-refractivity contribution in [2.45, 2.75) is 33.9 Å². The third kappa shape index (κ3) is 5.81. The molecule has 3 aromatic rings. The van der Waals surface area contributed by atoms with Crippen LogP contribution in [0.1, 0.15) is 45.4 Å². The molecule has 8 heteroatoms. The smallest absolute Gasteiger partial charge is 0.435 e. The van der Waals surface area contributed by atoms with E-state index in [-0.39, 0.29) is 18.3 Å². The van der Waals surface area contributed by atoms with E-state index in [9.17, 15) is 9.59 Å². The van der Waals surface area contributed by atoms with Crippen LogP contribution in [0.15, 0.2) is 59.9 Å². The zero-order valence-electron chi connectivity index (χ0n) is 18.5. The number of hydrogen-bond acceptors (Lipinski definition) is 4. The Hall–Kier alpha value is -3.94. The first kappa shape index (κ1) is 22.7. The molecule has 32 heavy (non-hydrogen) atoms. The van der Waals surface area contributed by atoms with Crippen LogP contribution in [0.4, 0.5) is 4.79 Å². The minimum Gasteiger partial charge on any atom is -0.448 e. The van der Waals surface area contributed by atoms with Gasteiger partial charge in [0.05, 0.1) is 12.2 Å². The van der Waals surface area contributed by atoms with Crippen LogP contribution in [0.5, 0.6) is 0 Å². The van der Waals surface area contributed by atoms with Crippen molar-refractivity contribution in [1.82, 2.24) is 14.9 Å². The zero-order chi connectivity index (χ0) is 23.1. The lowest BCUT2D eigenvalue weighted by molar-refractivity contribution is 0.0729. The summed E-state index contributed by atoms with van der Waals surface area (Å²) < 4.78 is 4.79. The van der Waals surface area contributed by atoms with E-state index in [4.69, 9.17) is 10.5 Å². The van der Waals surface area contributed by atoms with Crippen molar-refractivity contribution in [2.75, 3.05) is 6.61 Å². The van der Waals surface area contributed by atoms with Crippen molar-refractivity contribution in [3.05, 3.63) is 88.5 Å². The average molecular weight is 434 g/mol. The number of nitrogens with zero attached hydrogens (tertiary/aromatic N) is 3. The van der Waals surface area contributed by atoms with Crippen molar-refractivity contribution < 1.29 is 14.3 Å². The van der Waals surface area contributed by atoms with Crippen molar-refractivity contribution in [3.63, 3.8) is 0 Å². The topological polar surface area (TPSA) is 114 Å². The lowest BCUT2D eigenvalue weighted by Gasteiger charge is -2.23. The van der Waals surface area contributed by atoms with Crippen LogP contribution in [0.3, 0.4) is 0 Å². The minimum absolute atomic E-state index is 0.0591. The van der Waals surface area contributed by atoms with Crippen LogP contribution in [0.25, 0.3) is 0 Å². The molecule has 0 radical (unpaired) electrons. The summed E-state index contributed by atoms with van der Waals surface area (Å²) in [5.41, 5.74) is 10.8. The number of aryl methyl sites for hydroxylation is 2. The second kappa shape index (κ2) is 10.4. The molecule has 3 rings (SSSR count). The van der Waals surface area contributed by atoms with Crippen LogP contribution in [0, 0.1) is 13.8 Å². The average Bonchev–Trinajstić information content (AvgIpc) is 3.12. The van der Waals surface area contributed by atoms with E-state index in [1.165, 1.54) is 0 Å². The standard InChI is InChI=1S/C24H27N5O3/c1-4-32-24(31)28-22(25)20-7-5-18(6-8-20)14-29(15-19-9-11-26-12-10-19)23(30)21-13-16(2)27-17(21)3/h5-13,27H,4,14-15H2,1-3H3,(H2,25,28,31). The van der Waals surface area contributed by atoms with Gasteiger partial charge in [0.1, 0.15) is 5.84 Å². The molecule has 0 spiro atoms. The SMILES string of the molecule is CCOC(=O)N=C(N)c1ccc(CN(Cc2ccncc2)C(=O)c2cc(C)[nH]c2C)cc1. The van der Waals surface area contributed by atoms with Gasteiger partial charge in [0.25, 0.3) is 5.91 Å². The van der Waals surface area contributed by atoms with Gasteiger partial charge >= 0.3 is 6.09 Å². The molecule has 0 aliphatic heterocycles. The van der Waals surface area contributed by atoms with Crippen LogP contribution in [0.2, 0.25) is 0 Å². The van der Waals surface area contributed by atoms with Crippen LogP contribution >= 0.6 is 0 Å². The number of aromatic nitrogens is 2. The van der Waals surface area contributed by atoms with E-state index in [0.29, 0.717) is 24.2 Å². The molecule has 0 saturated heterocycles. The van der Waals surface area contributed by atoms with Gasteiger partial charge in [-0.1, -0.05) is 24.3 Å². The maximum absolute atomic E-state index is 13.3. The molecule has 3 N–H and O–H groups in total. The lowest BCUT2D eigenvalue weighted by atomic mass is 10.1. The molecule has 0 saturated carbocycles. The Kier molecular flexibility index (Phi) is 7.38. The Balaban J connectivity index is 1.82. The first-order valence-electron chi connectivity index (χ1n) is 10.3. The number of rotatable bonds is 7. The second-order valence-electron chi connectivity index (χ2n) is 7.40. The number of benzene rings is 1. The summed E-state index contributed by atoms with van der Waals surface area (Å²) in [6.07, 6.45) is 2.70. The summed E-state index contributed by atoms with van der Waals surface area (Å²) in [5, 5.41) is 0. The fraction of sp³-hybridized carbons (Fsp3) is 0.250. The number of nitrogens with one attached hydrogen (secondary N) is 1. The highest BCUT2D eigenvalue weighted by molar-refractivity contribution is 6.02. The number of carbonyl (C=O) groups excluding carboxylic acids is 2. The molecular formula is C24H27N5O3. The van der Waals surface area contributed by atoms with Crippen molar-refractivity contribution in [2.24, 2.45) is 10.7 Å². The fourth-order valence-electron chi connectivity index (χ4n) is 3.34. The van der Waals surface area contributed by atoms with E-state index in [1.807, 2.05) is 44.2 Å². The highest BCUT2D eigenvalue weighted by atomic mass is 16.5. The van der Waals surface area contributed by atoms with Gasteiger partial charge in [-0.15, -0.1) is 0 Å². The highest BCUT2D eigenvalue weighted by Gasteiger charge is 2.20. The van der Waals surface area contributed by atoms with Gasteiger partial charge in [-0.05, 0) is 50.1 Å². The molecular weight excluding hydrogens is 406 g/mol. The number of amides is 2. The molecule has 0 atom stereocenters. The van der Waals surface area contributed by atoms with Crippen LogP contribution in [-0.4, -0.2) is 39.3 Å². The molecule has 0 unspecified atom stereocenters. The molecule has 2 aromatic heterocycles. The number of aromatic amines is 1. The zero-order valence-corrected chi connectivity index (χ0v) is 18.5. The third-order valence-corrected chi connectivity index (χ3v) is 4.89. The summed E-state index contributed by atoms with van der Waals surface area (Å²) >= 11 is 0. The molecule has 0 aliphatic rings. The van der Waals surface area contributed by atoms with Gasteiger partial charge in [0.15, 0.2) is 0 Å². The number of amidine groups is 1. The summed E-state index contributed by atoms with van der Waals surface area (Å²) in [5.74, 6) is 0.0225. The molecule has 0 aliphatic carbocycles. The number of aliphatic imine (C=N–C) groups is 1. The Morgan fingerprint density at radius 2 is 1.69 bits per heavy atom. The van der Waals surface area contributed by atoms with Gasteiger partial charge < -0.3 is 20.4 Å². The molecule has 2 heterocycles. The summed E-state index contributed by atoms with van der Waals surface area (Å²) in [7, 11) is 0. The predicted octanol–water partition coefficient (Wildman–Crippen LogP) is 3.73. The van der Waals surface area contributed by atoms with Gasteiger partial charge in [-0.3, -0.25) is 9.78 Å². The number of hydrogen-bond donors (Lipinski definition) is 2. The van der Waals surface area contributed by atoms with Gasteiger partial charge in [0.2, 0.25) is 0 Å². The summed E-state index contributed by atoms with van der Waals surface area (Å²) in [6.45, 7) is 6.60. The van der Waals surface area contributed by atoms with Gasteiger partial charge in [-0.2, -0.15) is 4.99 Å². The van der Waals surface area contributed by atoms with E-state index >= 15 is 0 Å². The minimum atomic E-state index is -0.722. The molecule has 1 aromatic carbocycles. The maximum atomic E-state index is 13.3. The van der Waals surface area contributed by atoms with E-state index in [1.54, 1.807) is 36.4 Å². The van der Waals surface area contributed by atoms with E-state index in [2.05, 4.69) is 15.0 Å². The van der Waals surface area contributed by atoms with E-state index in [0.717, 1.165) is 22.5 Å². The Morgan fingerprint density at radius 1 is 1.06 bits per heavy atom. The predicted molar refractivity (Wildman–Crippen MR) is 122 cm³/mol. The quantitative estimate of drug-likeness (QED) is 0.435. The Morgan fingerprint density at radius 3 is 2.25 bits per heavy atom. The number of pyridine rings is 1. The largest absolute Gasteiger partial charge is 0.448 e. The maximum Gasteiger partial charge on any atom is 0.435 e. The second-order valence-corrected chi connectivity index (χ2v) is 7.40. The van der Waals surface area contributed by atoms with Gasteiger partial charge in [-0.25, -0.2) is 4.79 Å². The monoisotopic (exact) mass is 433 g/mol. The molecule has 166 valence electrons.